The smallest absolute Gasteiger partial charge is 0.348 e. The average molecular weight is 492 g/mol. The van der Waals surface area contributed by atoms with E-state index in [-0.39, 0.29) is 23.3 Å². The number of hydrogen-bond acceptors (Lipinski definition) is 5. The van der Waals surface area contributed by atoms with Crippen LogP contribution >= 0.6 is 11.2 Å². The van der Waals surface area contributed by atoms with Crippen molar-refractivity contribution < 1.29 is 24.8 Å². The number of anilines is 1. The fourth-order valence-electron chi connectivity index (χ4n) is 3.28. The van der Waals surface area contributed by atoms with Crippen LogP contribution in [-0.2, 0) is 6.18 Å². The Hall–Kier alpha value is -2.73. The summed E-state index contributed by atoms with van der Waals surface area (Å²) in [5.41, 5.74) is 0.122. The van der Waals surface area contributed by atoms with Crippen LogP contribution in [0, 0.1) is 5.92 Å². The summed E-state index contributed by atoms with van der Waals surface area (Å²) in [6.07, 6.45) is 1.23. The summed E-state index contributed by atoms with van der Waals surface area (Å²) in [4.78, 5) is 7.55. The molecule has 0 aromatic carbocycles. The lowest BCUT2D eigenvalue weighted by Crippen LogP contribution is -2.45. The first-order valence-corrected chi connectivity index (χ1v) is 11.3. The standard InChI is InChI=1S/C21H23F6N5S/c1-3-4-17(33(25,26)27)7-13(2)30-19-8-14(15-11-28-12-15)9-20(32-19)31-18-10-16(5-6-29-18)21(22,23)24/h3-8,10,15,20,28H,2,9,11-12H2,1H3,(H,29,31)(H,30,32)/b4-3-,17-7+. The van der Waals surface area contributed by atoms with E-state index in [1.165, 1.54) is 13.0 Å². The highest BCUT2D eigenvalue weighted by Gasteiger charge is 2.32. The van der Waals surface area contributed by atoms with Gasteiger partial charge in [-0.15, -0.1) is 11.7 Å². The predicted octanol–water partition coefficient (Wildman–Crippen LogP) is 5.81. The summed E-state index contributed by atoms with van der Waals surface area (Å²) in [6.45, 7) is 6.60. The molecule has 2 aliphatic rings. The van der Waals surface area contributed by atoms with Gasteiger partial charge in [0.25, 0.3) is 0 Å². The molecule has 3 heterocycles. The molecule has 12 heteroatoms. The van der Waals surface area contributed by atoms with E-state index < -0.39 is 34.0 Å². The maximum Gasteiger partial charge on any atom is 0.416 e. The van der Waals surface area contributed by atoms with Crippen molar-refractivity contribution in [2.75, 3.05) is 18.4 Å². The van der Waals surface area contributed by atoms with Gasteiger partial charge in [-0.2, -0.15) is 13.2 Å². The number of nitrogens with one attached hydrogen (secondary N) is 3. The van der Waals surface area contributed by atoms with E-state index in [0.29, 0.717) is 6.42 Å². The van der Waals surface area contributed by atoms with E-state index in [1.54, 1.807) is 6.08 Å². The minimum Gasteiger partial charge on any atom is -0.348 e. The summed E-state index contributed by atoms with van der Waals surface area (Å²) in [5, 5.41) is 8.81. The molecule has 0 radical (unpaired) electrons. The lowest BCUT2D eigenvalue weighted by Gasteiger charge is -2.33. The first kappa shape index (κ1) is 24.9. The second-order valence-corrected chi connectivity index (χ2v) is 8.77. The maximum atomic E-state index is 13.2. The Bertz CT molecular complexity index is 1010. The largest absolute Gasteiger partial charge is 0.416 e. The molecule has 180 valence electrons. The zero-order valence-corrected chi connectivity index (χ0v) is 18.4. The number of allylic oxidation sites excluding steroid dienone is 3. The van der Waals surface area contributed by atoms with Gasteiger partial charge in [-0.25, -0.2) is 9.98 Å². The molecule has 1 atom stereocenters. The molecule has 3 rings (SSSR count). The number of pyridine rings is 1. The molecule has 1 saturated heterocycles. The Labute approximate surface area is 189 Å². The Morgan fingerprint density at radius 1 is 1.27 bits per heavy atom. The molecule has 0 spiro atoms. The van der Waals surface area contributed by atoms with Crippen molar-refractivity contribution in [3.05, 3.63) is 71.0 Å². The summed E-state index contributed by atoms with van der Waals surface area (Å²) < 4.78 is 78.7. The van der Waals surface area contributed by atoms with Gasteiger partial charge in [-0.3, -0.25) is 0 Å². The van der Waals surface area contributed by atoms with E-state index in [4.69, 9.17) is 0 Å². The van der Waals surface area contributed by atoms with Gasteiger partial charge in [0.15, 0.2) is 0 Å². The fraction of sp³-hybridized carbons (Fsp3) is 0.333. The zero-order chi connectivity index (χ0) is 24.2. The number of dihydropyridines is 1. The fourth-order valence-corrected chi connectivity index (χ4v) is 3.85. The summed E-state index contributed by atoms with van der Waals surface area (Å²) in [7, 11) is 0. The third-order valence-corrected chi connectivity index (χ3v) is 5.75. The van der Waals surface area contributed by atoms with E-state index in [9.17, 15) is 24.8 Å². The van der Waals surface area contributed by atoms with Crippen LogP contribution < -0.4 is 16.0 Å². The van der Waals surface area contributed by atoms with Gasteiger partial charge in [0.05, 0.1) is 10.5 Å². The second kappa shape index (κ2) is 10.0. The molecule has 33 heavy (non-hydrogen) atoms. The highest BCUT2D eigenvalue weighted by atomic mass is 32.3. The number of halogens is 6. The normalized spacial score (nSPS) is 20.7. The van der Waals surface area contributed by atoms with E-state index >= 15 is 0 Å². The molecule has 0 aliphatic carbocycles. The third kappa shape index (κ3) is 6.87. The minimum atomic E-state index is -5.45. The number of aromatic nitrogens is 1. The summed E-state index contributed by atoms with van der Waals surface area (Å²) in [6, 6.07) is 1.76. The molecule has 1 unspecified atom stereocenters. The number of hydrogen-bond donors (Lipinski definition) is 3. The average Bonchev–Trinajstić information content (AvgIpc) is 2.65. The van der Waals surface area contributed by atoms with Gasteiger partial charge in [0.2, 0.25) is 11.2 Å². The van der Waals surface area contributed by atoms with Crippen LogP contribution in [0.5, 0.6) is 0 Å². The van der Waals surface area contributed by atoms with Crippen LogP contribution in [0.2, 0.25) is 0 Å². The molecule has 2 aliphatic heterocycles. The molecule has 1 aromatic heterocycles. The molecule has 0 amide bonds. The number of nitrogens with zero attached hydrogens (tertiary/aromatic N) is 2. The maximum absolute atomic E-state index is 13.2. The van der Waals surface area contributed by atoms with Gasteiger partial charge in [0, 0.05) is 37.3 Å². The Kier molecular flexibility index (Phi) is 7.58. The molecular weight excluding hydrogens is 468 g/mol. The lowest BCUT2D eigenvalue weighted by atomic mass is 9.88. The van der Waals surface area contributed by atoms with Gasteiger partial charge in [0.1, 0.15) is 17.8 Å². The van der Waals surface area contributed by atoms with E-state index in [0.717, 1.165) is 49.1 Å². The van der Waals surface area contributed by atoms with Crippen molar-refractivity contribution >= 4 is 22.8 Å². The Balaban J connectivity index is 1.81. The molecule has 5 nitrogen and oxygen atoms in total. The van der Waals surface area contributed by atoms with Crippen molar-refractivity contribution in [3.63, 3.8) is 0 Å². The van der Waals surface area contributed by atoms with Crippen molar-refractivity contribution in [2.24, 2.45) is 10.9 Å². The minimum absolute atomic E-state index is 0.000623. The highest BCUT2D eigenvalue weighted by Crippen LogP contribution is 2.61. The lowest BCUT2D eigenvalue weighted by molar-refractivity contribution is -0.137. The van der Waals surface area contributed by atoms with Crippen LogP contribution in [0.15, 0.2) is 70.4 Å². The van der Waals surface area contributed by atoms with Gasteiger partial charge in [-0.05, 0) is 37.3 Å². The van der Waals surface area contributed by atoms with Crippen LogP contribution in [-0.4, -0.2) is 30.1 Å². The monoisotopic (exact) mass is 491 g/mol. The second-order valence-electron chi connectivity index (χ2n) is 7.48. The topological polar surface area (TPSA) is 61.3 Å². The van der Waals surface area contributed by atoms with E-state index in [2.05, 4.69) is 32.5 Å². The summed E-state index contributed by atoms with van der Waals surface area (Å²) in [5.74, 6) is 0.477. The first-order chi connectivity index (χ1) is 15.5. The molecule has 1 fully saturated rings. The highest BCUT2D eigenvalue weighted by molar-refractivity contribution is 8.24. The van der Waals surface area contributed by atoms with E-state index in [1.807, 2.05) is 0 Å². The molecule has 0 bridgehead atoms. The predicted molar refractivity (Wildman–Crippen MR) is 119 cm³/mol. The quantitative estimate of drug-likeness (QED) is 0.333. The number of rotatable bonds is 7. The molecule has 1 aromatic rings. The molecule has 0 saturated carbocycles. The third-order valence-electron chi connectivity index (χ3n) is 4.96. The number of aliphatic imine (C=N–C) groups is 1. The Morgan fingerprint density at radius 3 is 2.58 bits per heavy atom. The number of amidine groups is 1. The van der Waals surface area contributed by atoms with Gasteiger partial charge in [-0.1, -0.05) is 18.2 Å². The zero-order valence-electron chi connectivity index (χ0n) is 17.6. The van der Waals surface area contributed by atoms with Gasteiger partial charge < -0.3 is 16.0 Å². The SMILES string of the molecule is C=C(/C=C(\C=C/C)S(F)(F)F)NC1=NC(Nc2cc(C(F)(F)F)ccn2)CC(C2CNC2)=C1. The van der Waals surface area contributed by atoms with Crippen LogP contribution in [0.4, 0.5) is 30.6 Å². The van der Waals surface area contributed by atoms with Crippen molar-refractivity contribution in [2.45, 2.75) is 25.7 Å². The van der Waals surface area contributed by atoms with Crippen molar-refractivity contribution in [3.8, 4) is 0 Å². The summed E-state index contributed by atoms with van der Waals surface area (Å²) >= 11 is -5.45. The van der Waals surface area contributed by atoms with Crippen LogP contribution in [0.25, 0.3) is 0 Å². The van der Waals surface area contributed by atoms with Crippen molar-refractivity contribution in [1.29, 1.82) is 0 Å². The first-order valence-electron chi connectivity index (χ1n) is 9.97. The van der Waals surface area contributed by atoms with Crippen molar-refractivity contribution in [1.82, 2.24) is 15.6 Å². The molecular formula is C21H23F6N5S. The Morgan fingerprint density at radius 2 is 2.00 bits per heavy atom. The number of alkyl halides is 3. The van der Waals surface area contributed by atoms with Crippen LogP contribution in [0.3, 0.4) is 0 Å². The van der Waals surface area contributed by atoms with Gasteiger partial charge >= 0.3 is 6.18 Å². The molecule has 3 N–H and O–H groups in total. The van der Waals surface area contributed by atoms with Crippen LogP contribution in [0.1, 0.15) is 18.9 Å².